The average Bonchev–Trinajstić information content (AvgIpc) is 3.65. The highest BCUT2D eigenvalue weighted by Gasteiger charge is 2.48. The normalized spacial score (nSPS) is 17.0. The second-order valence-electron chi connectivity index (χ2n) is 18.7. The molecule has 0 fully saturated rings. The van der Waals surface area contributed by atoms with Crippen molar-refractivity contribution in [3.05, 3.63) is 335 Å². The molecule has 0 saturated carbocycles. The zero-order valence-corrected chi connectivity index (χ0v) is 40.8. The third-order valence-electron chi connectivity index (χ3n) is 14.9. The summed E-state index contributed by atoms with van der Waals surface area (Å²) in [5.74, 6) is 0. The van der Waals surface area contributed by atoms with E-state index in [2.05, 4.69) is 299 Å². The van der Waals surface area contributed by atoms with E-state index in [0.717, 1.165) is 40.2 Å². The van der Waals surface area contributed by atoms with Crippen LogP contribution in [-0.4, -0.2) is 0 Å². The van der Waals surface area contributed by atoms with Gasteiger partial charge in [0.05, 0.1) is 10.8 Å². The molecule has 0 aliphatic heterocycles. The van der Waals surface area contributed by atoms with E-state index in [-0.39, 0.29) is 0 Å². The second kappa shape index (κ2) is 19.1. The van der Waals surface area contributed by atoms with Gasteiger partial charge in [-0.3, -0.25) is 0 Å². The Balaban J connectivity index is 1.23. The fraction of sp³-hybridized carbons (Fsp3) is 0.0857. The molecule has 11 rings (SSSR count). The summed E-state index contributed by atoms with van der Waals surface area (Å²) in [5, 5.41) is 0. The van der Waals surface area contributed by atoms with Crippen molar-refractivity contribution in [2.24, 2.45) is 0 Å². The minimum absolute atomic E-state index is 0.575. The molecule has 0 bridgehead atoms. The van der Waals surface area contributed by atoms with Gasteiger partial charge in [-0.1, -0.05) is 237 Å². The maximum absolute atomic E-state index is 4.49. The van der Waals surface area contributed by atoms with Crippen LogP contribution in [0.1, 0.15) is 66.1 Å². The first-order valence-corrected chi connectivity index (χ1v) is 24.9. The highest BCUT2D eigenvalue weighted by atomic mass is 15.1. The summed E-state index contributed by atoms with van der Waals surface area (Å²) in [6.07, 6.45) is 21.2. The van der Waals surface area contributed by atoms with Gasteiger partial charge < -0.3 is 4.90 Å². The number of fused-ring (bicyclic) bond motifs is 2. The fourth-order valence-corrected chi connectivity index (χ4v) is 11.9. The van der Waals surface area contributed by atoms with E-state index in [1.54, 1.807) is 0 Å². The molecular weight excluding hydrogens is 855 g/mol. The lowest BCUT2D eigenvalue weighted by atomic mass is 9.65. The number of benzene rings is 8. The van der Waals surface area contributed by atoms with Gasteiger partial charge in [0.2, 0.25) is 0 Å². The molecule has 0 heterocycles. The molecule has 0 amide bonds. The zero-order valence-electron chi connectivity index (χ0n) is 40.8. The lowest BCUT2D eigenvalue weighted by Crippen LogP contribution is -2.30. The number of hydrogen-bond acceptors (Lipinski definition) is 1. The third-order valence-corrected chi connectivity index (χ3v) is 14.9. The van der Waals surface area contributed by atoms with Crippen molar-refractivity contribution < 1.29 is 0 Å². The summed E-state index contributed by atoms with van der Waals surface area (Å²) < 4.78 is 0. The summed E-state index contributed by atoms with van der Waals surface area (Å²) in [6, 6.07) is 78.2. The van der Waals surface area contributed by atoms with Crippen molar-refractivity contribution in [1.29, 1.82) is 0 Å². The fourth-order valence-electron chi connectivity index (χ4n) is 11.9. The molecule has 1 atom stereocenters. The van der Waals surface area contributed by atoms with Crippen molar-refractivity contribution >= 4 is 22.5 Å². The Morgan fingerprint density at radius 3 is 1.65 bits per heavy atom. The van der Waals surface area contributed by atoms with Crippen molar-refractivity contribution in [1.82, 2.24) is 0 Å². The van der Waals surface area contributed by atoms with E-state index in [9.17, 15) is 0 Å². The lowest BCUT2D eigenvalue weighted by molar-refractivity contribution is 0.755. The maximum Gasteiger partial charge on any atom is 0.0711 e. The molecule has 71 heavy (non-hydrogen) atoms. The van der Waals surface area contributed by atoms with E-state index in [4.69, 9.17) is 0 Å². The summed E-state index contributed by atoms with van der Waals surface area (Å²) in [4.78, 5) is 2.51. The Morgan fingerprint density at radius 1 is 0.521 bits per heavy atom. The Morgan fingerprint density at radius 2 is 1.07 bits per heavy atom. The predicted molar refractivity (Wildman–Crippen MR) is 302 cm³/mol. The van der Waals surface area contributed by atoms with Crippen LogP contribution in [0.2, 0.25) is 0 Å². The second-order valence-corrected chi connectivity index (χ2v) is 18.7. The molecule has 0 spiro atoms. The Hall–Kier alpha value is -8.52. The molecule has 0 aromatic heterocycles. The summed E-state index contributed by atoms with van der Waals surface area (Å²) in [7, 11) is 0. The number of rotatable bonds is 12. The first kappa shape index (κ1) is 45.0. The van der Waals surface area contributed by atoms with Crippen LogP contribution in [-0.2, 0) is 10.8 Å². The van der Waals surface area contributed by atoms with Crippen LogP contribution in [0.25, 0.3) is 33.4 Å². The van der Waals surface area contributed by atoms with Crippen LogP contribution < -0.4 is 4.90 Å². The van der Waals surface area contributed by atoms with Crippen LogP contribution in [0.5, 0.6) is 0 Å². The van der Waals surface area contributed by atoms with E-state index in [1.807, 2.05) is 0 Å². The molecule has 0 N–H and O–H groups in total. The number of nitrogens with zero attached hydrogens (tertiary/aromatic N) is 1. The van der Waals surface area contributed by atoms with Gasteiger partial charge in [0, 0.05) is 17.1 Å². The van der Waals surface area contributed by atoms with Gasteiger partial charge in [-0.05, 0) is 153 Å². The summed E-state index contributed by atoms with van der Waals surface area (Å²) >= 11 is 0. The van der Waals surface area contributed by atoms with Crippen LogP contribution in [0.15, 0.2) is 296 Å². The number of allylic oxidation sites excluding steroid dienone is 15. The zero-order chi connectivity index (χ0) is 48.4. The Labute approximate surface area is 420 Å². The number of hydrogen-bond donors (Lipinski definition) is 0. The third kappa shape index (κ3) is 7.57. The van der Waals surface area contributed by atoms with E-state index in [0.29, 0.717) is 0 Å². The van der Waals surface area contributed by atoms with E-state index < -0.39 is 10.8 Å². The van der Waals surface area contributed by atoms with Gasteiger partial charge >= 0.3 is 0 Å². The molecular formula is C70H57N. The lowest BCUT2D eigenvalue weighted by Gasteiger charge is -2.37. The van der Waals surface area contributed by atoms with Crippen molar-refractivity contribution in [2.45, 2.75) is 38.0 Å². The van der Waals surface area contributed by atoms with Gasteiger partial charge in [-0.15, -0.1) is 0 Å². The van der Waals surface area contributed by atoms with E-state index in [1.165, 1.54) is 72.4 Å². The monoisotopic (exact) mass is 911 g/mol. The van der Waals surface area contributed by atoms with Crippen LogP contribution in [0, 0.1) is 0 Å². The molecule has 0 radical (unpaired) electrons. The maximum atomic E-state index is 4.49. The quantitative estimate of drug-likeness (QED) is 0.118. The molecule has 3 aliphatic rings. The Bertz CT molecular complexity index is 3410. The predicted octanol–water partition coefficient (Wildman–Crippen LogP) is 18.1. The standard InChI is InChI=1S/C70H57N/c1-5-28-65-62(6-2)64-44-43-60(49-68(64)70(65,59-39-24-13-25-40-59)58-33-18-7-8-19-34-58)71(61-47-54(52-29-14-9-15-30-52)46-55(48-61)53-31-16-10-17-32-53)50(3)45-67-51(4)63-41-26-27-42-66(63)69(67,56-35-20-11-21-36-56)57-37-22-12-23-38-57/h5-18,20-49H,2,19H2,1,3-4H3/b28-5-,50-45+. The van der Waals surface area contributed by atoms with Crippen molar-refractivity contribution in [2.75, 3.05) is 4.90 Å². The highest BCUT2D eigenvalue weighted by Crippen LogP contribution is 2.58. The summed E-state index contributed by atoms with van der Waals surface area (Å²) in [5.41, 5.74) is 21.5. The van der Waals surface area contributed by atoms with Gasteiger partial charge in [0.25, 0.3) is 0 Å². The first-order chi connectivity index (χ1) is 35.0. The topological polar surface area (TPSA) is 3.24 Å². The molecule has 0 saturated heterocycles. The molecule has 8 aromatic rings. The van der Waals surface area contributed by atoms with Gasteiger partial charge in [0.15, 0.2) is 0 Å². The minimum atomic E-state index is -0.627. The van der Waals surface area contributed by atoms with E-state index >= 15 is 0 Å². The molecule has 8 aromatic carbocycles. The van der Waals surface area contributed by atoms with Gasteiger partial charge in [0.1, 0.15) is 0 Å². The van der Waals surface area contributed by atoms with Crippen LogP contribution in [0.3, 0.4) is 0 Å². The van der Waals surface area contributed by atoms with Crippen molar-refractivity contribution in [3.8, 4) is 22.3 Å². The first-order valence-electron chi connectivity index (χ1n) is 24.9. The average molecular weight is 912 g/mol. The smallest absolute Gasteiger partial charge is 0.0711 e. The molecule has 342 valence electrons. The Kier molecular flexibility index (Phi) is 12.1. The van der Waals surface area contributed by atoms with Crippen molar-refractivity contribution in [3.63, 3.8) is 0 Å². The molecule has 1 nitrogen and oxygen atoms in total. The molecule has 1 unspecified atom stereocenters. The SMILES string of the molecule is C=CC1=C(/C=C\C)C(C2=CCC=CC=C2)(c2ccccc2)c2cc(N(/C(C)=C/C3=C(C)c4ccccc4C3(c3ccccc3)c3ccccc3)c3cc(-c4ccccc4)cc(-c4ccccc4)c3)ccc21. The van der Waals surface area contributed by atoms with Crippen LogP contribution >= 0.6 is 0 Å². The minimum Gasteiger partial charge on any atom is -0.314 e. The largest absolute Gasteiger partial charge is 0.314 e. The van der Waals surface area contributed by atoms with Gasteiger partial charge in [-0.2, -0.15) is 0 Å². The molecule has 1 heteroatoms. The summed E-state index contributed by atoms with van der Waals surface area (Å²) in [6.45, 7) is 11.2. The highest BCUT2D eigenvalue weighted by molar-refractivity contribution is 5.94. The van der Waals surface area contributed by atoms with Crippen LogP contribution in [0.4, 0.5) is 11.4 Å². The molecule has 3 aliphatic carbocycles. The van der Waals surface area contributed by atoms with Gasteiger partial charge in [-0.25, -0.2) is 0 Å². The number of anilines is 2.